The van der Waals surface area contributed by atoms with Crippen LogP contribution in [0.4, 0.5) is 0 Å². The van der Waals surface area contributed by atoms with Gasteiger partial charge in [0, 0.05) is 31.7 Å². The van der Waals surface area contributed by atoms with Crippen molar-refractivity contribution >= 4 is 30.3 Å². The molecule has 0 spiro atoms. The van der Waals surface area contributed by atoms with Gasteiger partial charge in [0.05, 0.1) is 12.2 Å². The maximum atomic E-state index is 9.71. The van der Waals surface area contributed by atoms with Crippen LogP contribution in [0.1, 0.15) is 5.56 Å². The third kappa shape index (κ3) is 2.63. The summed E-state index contributed by atoms with van der Waals surface area (Å²) in [5.41, 5.74) is 0.854. The molecule has 108 valence electrons. The van der Waals surface area contributed by atoms with Gasteiger partial charge in [0.25, 0.3) is 0 Å². The van der Waals surface area contributed by atoms with Crippen molar-refractivity contribution in [2.75, 3.05) is 26.2 Å². The van der Waals surface area contributed by atoms with Crippen LogP contribution in [0.25, 0.3) is 0 Å². The molecule has 0 bridgehead atoms. The SMILES string of the molecule is CB(O)N1CCN2Cc3c(Cl)ncc(Cl)c3OC[C@H]2C1. The maximum absolute atomic E-state index is 9.71. The summed E-state index contributed by atoms with van der Waals surface area (Å²) < 4.78 is 5.85. The lowest BCUT2D eigenvalue weighted by Gasteiger charge is -2.40. The number of hydrogen-bond acceptors (Lipinski definition) is 5. The Morgan fingerprint density at radius 1 is 1.45 bits per heavy atom. The van der Waals surface area contributed by atoms with Crippen LogP contribution in [0.5, 0.6) is 5.75 Å². The molecule has 3 heterocycles. The Hall–Kier alpha value is -0.525. The molecule has 0 aromatic carbocycles. The van der Waals surface area contributed by atoms with Crippen molar-refractivity contribution in [3.8, 4) is 5.75 Å². The van der Waals surface area contributed by atoms with Gasteiger partial charge >= 0.3 is 7.05 Å². The molecule has 1 fully saturated rings. The quantitative estimate of drug-likeness (QED) is 0.627. The predicted octanol–water partition coefficient (Wildman–Crippen LogP) is 1.38. The molecular formula is C12H16BCl2N3O2. The summed E-state index contributed by atoms with van der Waals surface area (Å²) in [5, 5.41) is 10.7. The number of ether oxygens (including phenoxy) is 1. The summed E-state index contributed by atoms with van der Waals surface area (Å²) in [7, 11) is -0.434. The van der Waals surface area contributed by atoms with Gasteiger partial charge in [-0.3, -0.25) is 4.90 Å². The summed E-state index contributed by atoms with van der Waals surface area (Å²) in [6.45, 7) is 5.47. The molecule has 0 saturated carbocycles. The summed E-state index contributed by atoms with van der Waals surface area (Å²) >= 11 is 12.3. The van der Waals surface area contributed by atoms with E-state index in [0.29, 0.717) is 29.1 Å². The van der Waals surface area contributed by atoms with E-state index in [-0.39, 0.29) is 6.04 Å². The minimum atomic E-state index is -0.434. The number of nitrogens with zero attached hydrogens (tertiary/aromatic N) is 3. The summed E-state index contributed by atoms with van der Waals surface area (Å²) in [4.78, 5) is 8.45. The van der Waals surface area contributed by atoms with Crippen molar-refractivity contribution < 1.29 is 9.76 Å². The molecular weight excluding hydrogens is 300 g/mol. The lowest BCUT2D eigenvalue weighted by atomic mass is 9.83. The first-order valence-corrected chi connectivity index (χ1v) is 7.43. The average molecular weight is 316 g/mol. The van der Waals surface area contributed by atoms with Gasteiger partial charge in [-0.2, -0.15) is 0 Å². The van der Waals surface area contributed by atoms with E-state index in [9.17, 15) is 5.02 Å². The maximum Gasteiger partial charge on any atom is 0.376 e. The molecule has 0 radical (unpaired) electrons. The van der Waals surface area contributed by atoms with Crippen LogP contribution < -0.4 is 4.74 Å². The zero-order chi connectivity index (χ0) is 14.3. The minimum absolute atomic E-state index is 0.220. The highest BCUT2D eigenvalue weighted by Crippen LogP contribution is 2.36. The van der Waals surface area contributed by atoms with Gasteiger partial charge in [-0.15, -0.1) is 0 Å². The van der Waals surface area contributed by atoms with Crippen molar-refractivity contribution in [2.45, 2.75) is 19.4 Å². The van der Waals surface area contributed by atoms with E-state index in [1.165, 1.54) is 6.20 Å². The second-order valence-corrected chi connectivity index (χ2v) is 6.03. The van der Waals surface area contributed by atoms with Crippen LogP contribution in [0.15, 0.2) is 6.20 Å². The number of fused-ring (bicyclic) bond motifs is 2. The van der Waals surface area contributed by atoms with E-state index >= 15 is 0 Å². The van der Waals surface area contributed by atoms with Crippen LogP contribution >= 0.6 is 23.2 Å². The van der Waals surface area contributed by atoms with Gasteiger partial charge in [-0.1, -0.05) is 23.2 Å². The van der Waals surface area contributed by atoms with Crippen molar-refractivity contribution in [3.05, 3.63) is 21.9 Å². The first kappa shape index (κ1) is 14.4. The second kappa shape index (κ2) is 5.69. The zero-order valence-electron chi connectivity index (χ0n) is 11.2. The predicted molar refractivity (Wildman–Crippen MR) is 79.4 cm³/mol. The second-order valence-electron chi connectivity index (χ2n) is 5.27. The van der Waals surface area contributed by atoms with E-state index < -0.39 is 7.05 Å². The highest BCUT2D eigenvalue weighted by Gasteiger charge is 2.34. The van der Waals surface area contributed by atoms with E-state index in [4.69, 9.17) is 27.9 Å². The third-order valence-electron chi connectivity index (χ3n) is 3.98. The molecule has 3 rings (SSSR count). The molecule has 2 aliphatic heterocycles. The fraction of sp³-hybridized carbons (Fsp3) is 0.583. The molecule has 0 aliphatic carbocycles. The molecule has 1 saturated heterocycles. The lowest BCUT2D eigenvalue weighted by molar-refractivity contribution is 0.0787. The Bertz CT molecular complexity index is 518. The van der Waals surface area contributed by atoms with Gasteiger partial charge in [-0.25, -0.2) is 4.98 Å². The van der Waals surface area contributed by atoms with E-state index in [1.807, 2.05) is 4.81 Å². The highest BCUT2D eigenvalue weighted by molar-refractivity contribution is 6.45. The smallest absolute Gasteiger partial charge is 0.376 e. The molecule has 1 N–H and O–H groups in total. The van der Waals surface area contributed by atoms with Gasteiger partial charge < -0.3 is 14.6 Å². The number of pyridine rings is 1. The topological polar surface area (TPSA) is 48.8 Å². The monoisotopic (exact) mass is 315 g/mol. The fourth-order valence-corrected chi connectivity index (χ4v) is 3.20. The number of rotatable bonds is 1. The first-order chi connectivity index (χ1) is 9.56. The standard InChI is InChI=1S/C12H16BCl2N3O2/c1-13(19)18-3-2-17-6-9-11(20-7-8(17)5-18)10(14)4-16-12(9)15/h4,8,19H,2-3,5-7H2,1H3/t8-/m1/s1. The molecule has 0 amide bonds. The molecule has 2 aliphatic rings. The van der Waals surface area contributed by atoms with E-state index in [0.717, 1.165) is 25.2 Å². The molecule has 0 unspecified atom stereocenters. The molecule has 1 aromatic rings. The molecule has 1 atom stereocenters. The van der Waals surface area contributed by atoms with Crippen molar-refractivity contribution in [1.29, 1.82) is 0 Å². The Balaban J connectivity index is 1.85. The molecule has 8 heteroatoms. The molecule has 20 heavy (non-hydrogen) atoms. The number of hydrogen-bond donors (Lipinski definition) is 1. The van der Waals surface area contributed by atoms with Crippen molar-refractivity contribution in [3.63, 3.8) is 0 Å². The summed E-state index contributed by atoms with van der Waals surface area (Å²) in [6, 6.07) is 0.220. The Morgan fingerprint density at radius 3 is 3.00 bits per heavy atom. The number of aromatic nitrogens is 1. The average Bonchev–Trinajstić information content (AvgIpc) is 2.62. The van der Waals surface area contributed by atoms with Crippen LogP contribution in [-0.2, 0) is 6.54 Å². The van der Waals surface area contributed by atoms with Crippen molar-refractivity contribution in [1.82, 2.24) is 14.7 Å². The van der Waals surface area contributed by atoms with Gasteiger partial charge in [0.15, 0.2) is 0 Å². The Labute approximate surface area is 128 Å². The van der Waals surface area contributed by atoms with E-state index in [1.54, 1.807) is 6.82 Å². The largest absolute Gasteiger partial charge is 0.490 e. The van der Waals surface area contributed by atoms with Gasteiger partial charge in [0.1, 0.15) is 22.5 Å². The lowest BCUT2D eigenvalue weighted by Crippen LogP contribution is -2.57. The number of piperazine rings is 1. The fourth-order valence-electron chi connectivity index (χ4n) is 2.79. The van der Waals surface area contributed by atoms with Crippen LogP contribution in [0.2, 0.25) is 17.0 Å². The van der Waals surface area contributed by atoms with Gasteiger partial charge in [0.2, 0.25) is 0 Å². The minimum Gasteiger partial charge on any atom is -0.490 e. The normalized spacial score (nSPS) is 23.5. The van der Waals surface area contributed by atoms with Gasteiger partial charge in [-0.05, 0) is 6.82 Å². The summed E-state index contributed by atoms with van der Waals surface area (Å²) in [5.74, 6) is 0.643. The van der Waals surface area contributed by atoms with Crippen LogP contribution in [0.3, 0.4) is 0 Å². The van der Waals surface area contributed by atoms with Crippen LogP contribution in [0, 0.1) is 0 Å². The van der Waals surface area contributed by atoms with Crippen molar-refractivity contribution in [2.24, 2.45) is 0 Å². The summed E-state index contributed by atoms with van der Waals surface area (Å²) in [6.07, 6.45) is 1.52. The Morgan fingerprint density at radius 2 is 2.25 bits per heavy atom. The Kier molecular flexibility index (Phi) is 4.10. The first-order valence-electron chi connectivity index (χ1n) is 6.68. The van der Waals surface area contributed by atoms with Crippen LogP contribution in [-0.4, -0.2) is 59.1 Å². The molecule has 5 nitrogen and oxygen atoms in total. The molecule has 1 aromatic heterocycles. The third-order valence-corrected chi connectivity index (χ3v) is 4.57. The number of halogens is 2. The zero-order valence-corrected chi connectivity index (χ0v) is 12.7. The highest BCUT2D eigenvalue weighted by atomic mass is 35.5. The van der Waals surface area contributed by atoms with E-state index in [2.05, 4.69) is 9.88 Å².